The van der Waals surface area contributed by atoms with Gasteiger partial charge in [-0.3, -0.25) is 4.79 Å². The number of amides is 1. The molecule has 6 heteroatoms. The summed E-state index contributed by atoms with van der Waals surface area (Å²) in [6, 6.07) is 0. The van der Waals surface area contributed by atoms with Crippen LogP contribution in [0, 0.1) is 0 Å². The van der Waals surface area contributed by atoms with Crippen molar-refractivity contribution in [2.24, 2.45) is 0 Å². The average Bonchev–Trinajstić information content (AvgIpc) is 2.77. The van der Waals surface area contributed by atoms with Crippen molar-refractivity contribution in [2.75, 3.05) is 16.8 Å². The second-order valence-corrected chi connectivity index (χ2v) is 5.30. The van der Waals surface area contributed by atoms with Gasteiger partial charge < -0.3 is 5.32 Å². The molecule has 0 unspecified atom stereocenters. The molecule has 0 saturated carbocycles. The molecule has 102 valence electrons. The maximum atomic E-state index is 11.7. The zero-order valence-corrected chi connectivity index (χ0v) is 11.9. The molecular formula is C12H21N3O2S. The van der Waals surface area contributed by atoms with Crippen LogP contribution in [0.4, 0.5) is 5.82 Å². The number of aromatic nitrogens is 2. The summed E-state index contributed by atoms with van der Waals surface area (Å²) in [5.41, 5.74) is 0.726. The van der Waals surface area contributed by atoms with E-state index in [1.165, 1.54) is 12.8 Å². The second kappa shape index (κ2) is 8.97. The number of thioether (sulfide) groups is 1. The van der Waals surface area contributed by atoms with Gasteiger partial charge in [-0.25, -0.2) is 4.63 Å². The molecule has 18 heavy (non-hydrogen) atoms. The SMILES string of the molecule is CCCCSCCC(=O)Nc1nonc1CCC. The fourth-order valence-corrected chi connectivity index (χ4v) is 2.44. The number of hydrogen-bond acceptors (Lipinski definition) is 5. The number of rotatable bonds is 9. The van der Waals surface area contributed by atoms with E-state index in [1.54, 1.807) is 0 Å². The summed E-state index contributed by atoms with van der Waals surface area (Å²) in [7, 11) is 0. The van der Waals surface area contributed by atoms with E-state index in [9.17, 15) is 4.79 Å². The van der Waals surface area contributed by atoms with E-state index in [2.05, 4.69) is 27.2 Å². The molecule has 1 N–H and O–H groups in total. The fraction of sp³-hybridized carbons (Fsp3) is 0.750. The van der Waals surface area contributed by atoms with E-state index in [1.807, 2.05) is 18.7 Å². The maximum absolute atomic E-state index is 11.7. The maximum Gasteiger partial charge on any atom is 0.226 e. The molecule has 0 aliphatic heterocycles. The van der Waals surface area contributed by atoms with Crippen LogP contribution in [0.25, 0.3) is 0 Å². The van der Waals surface area contributed by atoms with Crippen molar-refractivity contribution in [2.45, 2.75) is 46.0 Å². The van der Waals surface area contributed by atoms with Gasteiger partial charge in [0.25, 0.3) is 0 Å². The first kappa shape index (κ1) is 15.0. The van der Waals surface area contributed by atoms with Gasteiger partial charge in [-0.2, -0.15) is 11.8 Å². The Morgan fingerprint density at radius 3 is 2.83 bits per heavy atom. The second-order valence-electron chi connectivity index (χ2n) is 4.07. The molecule has 0 bridgehead atoms. The predicted molar refractivity (Wildman–Crippen MR) is 73.8 cm³/mol. The van der Waals surface area contributed by atoms with Crippen molar-refractivity contribution in [1.82, 2.24) is 10.3 Å². The molecule has 0 aliphatic carbocycles. The van der Waals surface area contributed by atoms with Crippen molar-refractivity contribution in [3.05, 3.63) is 5.69 Å². The number of aryl methyl sites for hydroxylation is 1. The summed E-state index contributed by atoms with van der Waals surface area (Å²) < 4.78 is 4.64. The van der Waals surface area contributed by atoms with E-state index in [4.69, 9.17) is 0 Å². The summed E-state index contributed by atoms with van der Waals surface area (Å²) in [6.45, 7) is 4.21. The van der Waals surface area contributed by atoms with Gasteiger partial charge in [-0.1, -0.05) is 31.8 Å². The number of anilines is 1. The lowest BCUT2D eigenvalue weighted by Crippen LogP contribution is -2.13. The van der Waals surface area contributed by atoms with Crippen LogP contribution in [0.15, 0.2) is 4.63 Å². The molecule has 1 aromatic rings. The minimum Gasteiger partial charge on any atom is -0.306 e. The van der Waals surface area contributed by atoms with Crippen LogP contribution < -0.4 is 5.32 Å². The van der Waals surface area contributed by atoms with E-state index in [-0.39, 0.29) is 5.91 Å². The molecule has 1 amide bonds. The average molecular weight is 271 g/mol. The van der Waals surface area contributed by atoms with Crippen LogP contribution in [-0.2, 0) is 11.2 Å². The number of carbonyl (C=O) groups is 1. The lowest BCUT2D eigenvalue weighted by Gasteiger charge is -2.02. The Morgan fingerprint density at radius 1 is 1.28 bits per heavy atom. The van der Waals surface area contributed by atoms with Gasteiger partial charge in [0.05, 0.1) is 0 Å². The third kappa shape index (κ3) is 5.53. The molecule has 0 atom stereocenters. The van der Waals surface area contributed by atoms with Crippen molar-refractivity contribution in [1.29, 1.82) is 0 Å². The van der Waals surface area contributed by atoms with Crippen LogP contribution >= 0.6 is 11.8 Å². The van der Waals surface area contributed by atoms with Crippen LogP contribution in [0.1, 0.15) is 45.2 Å². The van der Waals surface area contributed by atoms with Gasteiger partial charge >= 0.3 is 0 Å². The first-order valence-electron chi connectivity index (χ1n) is 6.47. The fourth-order valence-electron chi connectivity index (χ4n) is 1.41. The molecule has 0 aromatic carbocycles. The summed E-state index contributed by atoms with van der Waals surface area (Å²) in [4.78, 5) is 11.7. The topological polar surface area (TPSA) is 68.0 Å². The van der Waals surface area contributed by atoms with Gasteiger partial charge in [-0.05, 0) is 23.8 Å². The van der Waals surface area contributed by atoms with Crippen molar-refractivity contribution >= 4 is 23.5 Å². The Morgan fingerprint density at radius 2 is 2.11 bits per heavy atom. The Hall–Kier alpha value is -1.04. The molecule has 0 saturated heterocycles. The molecule has 1 heterocycles. The van der Waals surface area contributed by atoms with Crippen molar-refractivity contribution in [3.63, 3.8) is 0 Å². The van der Waals surface area contributed by atoms with Gasteiger partial charge in [0.2, 0.25) is 11.7 Å². The highest BCUT2D eigenvalue weighted by Gasteiger charge is 2.11. The number of nitrogens with zero attached hydrogens (tertiary/aromatic N) is 2. The zero-order valence-electron chi connectivity index (χ0n) is 11.1. The Kier molecular flexibility index (Phi) is 7.48. The highest BCUT2D eigenvalue weighted by molar-refractivity contribution is 7.99. The normalized spacial score (nSPS) is 10.6. The van der Waals surface area contributed by atoms with E-state index < -0.39 is 0 Å². The lowest BCUT2D eigenvalue weighted by molar-refractivity contribution is -0.115. The third-order valence-corrected chi connectivity index (χ3v) is 3.49. The van der Waals surface area contributed by atoms with Crippen LogP contribution in [0.2, 0.25) is 0 Å². The molecule has 0 aliphatic rings. The highest BCUT2D eigenvalue weighted by Crippen LogP contribution is 2.12. The quantitative estimate of drug-likeness (QED) is 0.699. The van der Waals surface area contributed by atoms with Crippen LogP contribution in [0.5, 0.6) is 0 Å². The molecule has 1 aromatic heterocycles. The molecule has 0 radical (unpaired) electrons. The lowest BCUT2D eigenvalue weighted by atomic mass is 10.2. The standard InChI is InChI=1S/C12H21N3O2S/c1-3-5-8-18-9-7-11(16)13-12-10(6-4-2)14-17-15-12/h3-9H2,1-2H3,(H,13,15,16). The summed E-state index contributed by atoms with van der Waals surface area (Å²) in [5.74, 6) is 2.42. The first-order valence-corrected chi connectivity index (χ1v) is 7.62. The van der Waals surface area contributed by atoms with Crippen molar-refractivity contribution in [3.8, 4) is 0 Å². The summed E-state index contributed by atoms with van der Waals surface area (Å²) in [5, 5.41) is 10.2. The molecule has 1 rings (SSSR count). The summed E-state index contributed by atoms with van der Waals surface area (Å²) >= 11 is 1.81. The molecule has 5 nitrogen and oxygen atoms in total. The number of unbranched alkanes of at least 4 members (excludes halogenated alkanes) is 1. The smallest absolute Gasteiger partial charge is 0.226 e. The monoisotopic (exact) mass is 271 g/mol. The van der Waals surface area contributed by atoms with E-state index in [0.29, 0.717) is 12.2 Å². The van der Waals surface area contributed by atoms with Gasteiger partial charge in [0.15, 0.2) is 0 Å². The Balaban J connectivity index is 2.24. The van der Waals surface area contributed by atoms with Gasteiger partial charge in [0.1, 0.15) is 5.69 Å². The molecular weight excluding hydrogens is 250 g/mol. The number of hydrogen-bond donors (Lipinski definition) is 1. The minimum absolute atomic E-state index is 0.0212. The first-order chi connectivity index (χ1) is 8.77. The highest BCUT2D eigenvalue weighted by atomic mass is 32.2. The van der Waals surface area contributed by atoms with Crippen molar-refractivity contribution < 1.29 is 9.42 Å². The predicted octanol–water partition coefficient (Wildman–Crippen LogP) is 2.88. The van der Waals surface area contributed by atoms with Crippen LogP contribution in [0.3, 0.4) is 0 Å². The van der Waals surface area contributed by atoms with Gasteiger partial charge in [0, 0.05) is 12.2 Å². The third-order valence-electron chi connectivity index (χ3n) is 2.42. The number of carbonyl (C=O) groups excluding carboxylic acids is 1. The Bertz CT molecular complexity index is 355. The van der Waals surface area contributed by atoms with E-state index >= 15 is 0 Å². The molecule has 0 fully saturated rings. The zero-order chi connectivity index (χ0) is 13.2. The van der Waals surface area contributed by atoms with Gasteiger partial charge in [-0.15, -0.1) is 0 Å². The summed E-state index contributed by atoms with van der Waals surface area (Å²) in [6.07, 6.45) is 4.63. The largest absolute Gasteiger partial charge is 0.306 e. The Labute approximate surface area is 112 Å². The molecule has 0 spiro atoms. The van der Waals surface area contributed by atoms with Crippen LogP contribution in [-0.4, -0.2) is 27.7 Å². The number of nitrogens with one attached hydrogen (secondary N) is 1. The van der Waals surface area contributed by atoms with E-state index in [0.717, 1.165) is 30.0 Å². The minimum atomic E-state index is -0.0212.